The molecule has 0 aliphatic heterocycles. The third-order valence-electron chi connectivity index (χ3n) is 3.63. The molecule has 22 heavy (non-hydrogen) atoms. The summed E-state index contributed by atoms with van der Waals surface area (Å²) in [5.74, 6) is 0. The number of hydrogen-bond acceptors (Lipinski definition) is 4. The minimum Gasteiger partial charge on any atom is -0.762 e. The molecule has 0 atom stereocenters. The molecule has 0 radical (unpaired) electrons. The Hall–Kier alpha value is -1.72. The summed E-state index contributed by atoms with van der Waals surface area (Å²) in [7, 11) is 0. The molecule has 0 spiro atoms. The van der Waals surface area contributed by atoms with E-state index >= 15 is 0 Å². The predicted octanol–water partition coefficient (Wildman–Crippen LogP) is 3.66. The Bertz CT molecular complexity index is 514. The van der Waals surface area contributed by atoms with Crippen molar-refractivity contribution in [3.8, 4) is 0 Å². The molecule has 2 aromatic rings. The minimum absolute atomic E-state index is 0.0516. The molecular formula is C18H23N2O2-. The standard InChI is InChI=1S/C18H23N2O2/c1-18(2,20(21)22)15-19(13-16-9-5-3-6-10-16)14-17-11-7-4-8-12-17/h3-12,21H,13-15H2,1-2H3/q-1. The lowest BCUT2D eigenvalue weighted by Gasteiger charge is -2.41. The maximum Gasteiger partial charge on any atom is 0.0398 e. The lowest BCUT2D eigenvalue weighted by Crippen LogP contribution is -2.47. The van der Waals surface area contributed by atoms with Gasteiger partial charge in [0, 0.05) is 25.2 Å². The van der Waals surface area contributed by atoms with Crippen molar-refractivity contribution in [3.63, 3.8) is 0 Å². The zero-order chi connectivity index (χ0) is 16.0. The number of rotatable bonds is 7. The molecule has 0 aromatic heterocycles. The summed E-state index contributed by atoms with van der Waals surface area (Å²) >= 11 is 0. The summed E-state index contributed by atoms with van der Waals surface area (Å²) in [6.07, 6.45) is 0. The Kier molecular flexibility index (Phi) is 5.69. The average Bonchev–Trinajstić information content (AvgIpc) is 2.48. The van der Waals surface area contributed by atoms with Crippen LogP contribution in [0.2, 0.25) is 0 Å². The van der Waals surface area contributed by atoms with E-state index in [0.29, 0.717) is 6.54 Å². The van der Waals surface area contributed by atoms with Gasteiger partial charge < -0.3 is 10.4 Å². The van der Waals surface area contributed by atoms with Crippen LogP contribution in [-0.4, -0.2) is 27.4 Å². The highest BCUT2D eigenvalue weighted by atomic mass is 16.8. The van der Waals surface area contributed by atoms with Crippen LogP contribution in [0.3, 0.4) is 0 Å². The van der Waals surface area contributed by atoms with Crippen molar-refractivity contribution in [2.75, 3.05) is 6.54 Å². The Balaban J connectivity index is 2.13. The molecule has 4 nitrogen and oxygen atoms in total. The van der Waals surface area contributed by atoms with Crippen LogP contribution in [0.4, 0.5) is 0 Å². The molecule has 0 bridgehead atoms. The molecule has 2 rings (SSSR count). The Morgan fingerprint density at radius 3 is 1.64 bits per heavy atom. The van der Waals surface area contributed by atoms with E-state index in [0.717, 1.165) is 13.1 Å². The van der Waals surface area contributed by atoms with Crippen LogP contribution in [0.15, 0.2) is 60.7 Å². The Morgan fingerprint density at radius 1 is 0.864 bits per heavy atom. The van der Waals surface area contributed by atoms with Crippen molar-refractivity contribution >= 4 is 0 Å². The molecule has 0 aliphatic carbocycles. The molecule has 118 valence electrons. The SMILES string of the molecule is CC(C)(CN(Cc1ccccc1)Cc1ccccc1)N([O-])O. The minimum atomic E-state index is -0.858. The molecule has 0 amide bonds. The van der Waals surface area contributed by atoms with Crippen molar-refractivity contribution in [1.29, 1.82) is 0 Å². The van der Waals surface area contributed by atoms with Crippen LogP contribution < -0.4 is 0 Å². The van der Waals surface area contributed by atoms with E-state index in [1.54, 1.807) is 13.8 Å². The van der Waals surface area contributed by atoms with Gasteiger partial charge in [-0.2, -0.15) is 0 Å². The average molecular weight is 299 g/mol. The lowest BCUT2D eigenvalue weighted by atomic mass is 10.0. The molecular weight excluding hydrogens is 276 g/mol. The first-order valence-electron chi connectivity index (χ1n) is 7.44. The van der Waals surface area contributed by atoms with Gasteiger partial charge in [0.05, 0.1) is 0 Å². The normalized spacial score (nSPS) is 12.1. The molecule has 0 fully saturated rings. The number of nitrogens with zero attached hydrogens (tertiary/aromatic N) is 2. The monoisotopic (exact) mass is 299 g/mol. The second-order valence-electron chi connectivity index (χ2n) is 6.20. The van der Waals surface area contributed by atoms with Crippen LogP contribution in [0.1, 0.15) is 25.0 Å². The highest BCUT2D eigenvalue weighted by Crippen LogP contribution is 2.17. The summed E-state index contributed by atoms with van der Waals surface area (Å²) in [6.45, 7) is 5.41. The second-order valence-corrected chi connectivity index (χ2v) is 6.20. The van der Waals surface area contributed by atoms with Gasteiger partial charge in [0.25, 0.3) is 0 Å². The number of hydroxylamine groups is 2. The van der Waals surface area contributed by atoms with Crippen LogP contribution in [-0.2, 0) is 13.1 Å². The topological polar surface area (TPSA) is 49.8 Å². The number of hydrogen-bond donors (Lipinski definition) is 1. The summed E-state index contributed by atoms with van der Waals surface area (Å²) < 4.78 is 0. The first-order chi connectivity index (χ1) is 10.5. The molecule has 2 aromatic carbocycles. The fraction of sp³-hybridized carbons (Fsp3) is 0.333. The zero-order valence-corrected chi connectivity index (χ0v) is 13.1. The first-order valence-corrected chi connectivity index (χ1v) is 7.44. The molecule has 1 N–H and O–H groups in total. The van der Waals surface area contributed by atoms with Gasteiger partial charge >= 0.3 is 0 Å². The van der Waals surface area contributed by atoms with E-state index in [4.69, 9.17) is 0 Å². The summed E-state index contributed by atoms with van der Waals surface area (Å²) in [5.41, 5.74) is 1.51. The largest absolute Gasteiger partial charge is 0.762 e. The van der Waals surface area contributed by atoms with Gasteiger partial charge in [-0.15, -0.1) is 0 Å². The van der Waals surface area contributed by atoms with E-state index < -0.39 is 5.54 Å². The van der Waals surface area contributed by atoms with Gasteiger partial charge in [-0.05, 0) is 25.0 Å². The third kappa shape index (κ3) is 4.93. The van der Waals surface area contributed by atoms with Crippen molar-refractivity contribution < 1.29 is 5.21 Å². The molecule has 0 heterocycles. The van der Waals surface area contributed by atoms with Gasteiger partial charge in [-0.25, -0.2) is 0 Å². The molecule has 0 unspecified atom stereocenters. The van der Waals surface area contributed by atoms with Gasteiger partial charge in [0.2, 0.25) is 0 Å². The fourth-order valence-corrected chi connectivity index (χ4v) is 2.46. The van der Waals surface area contributed by atoms with E-state index in [-0.39, 0.29) is 5.23 Å². The van der Waals surface area contributed by atoms with E-state index in [1.165, 1.54) is 11.1 Å². The van der Waals surface area contributed by atoms with Crippen molar-refractivity contribution in [2.45, 2.75) is 32.5 Å². The van der Waals surface area contributed by atoms with Gasteiger partial charge in [-0.3, -0.25) is 10.1 Å². The fourth-order valence-electron chi connectivity index (χ4n) is 2.46. The second kappa shape index (κ2) is 7.51. The smallest absolute Gasteiger partial charge is 0.0398 e. The van der Waals surface area contributed by atoms with Crippen molar-refractivity contribution in [1.82, 2.24) is 10.1 Å². The van der Waals surface area contributed by atoms with Crippen molar-refractivity contribution in [2.24, 2.45) is 0 Å². The molecule has 0 saturated carbocycles. The van der Waals surface area contributed by atoms with Crippen LogP contribution >= 0.6 is 0 Å². The van der Waals surface area contributed by atoms with E-state index in [9.17, 15) is 10.4 Å². The zero-order valence-electron chi connectivity index (χ0n) is 13.1. The first kappa shape index (κ1) is 16.6. The van der Waals surface area contributed by atoms with Crippen LogP contribution in [0, 0.1) is 5.21 Å². The third-order valence-corrected chi connectivity index (χ3v) is 3.63. The summed E-state index contributed by atoms with van der Waals surface area (Å²) in [4.78, 5) is 2.17. The van der Waals surface area contributed by atoms with Gasteiger partial charge in [0.1, 0.15) is 0 Å². The maximum atomic E-state index is 11.4. The van der Waals surface area contributed by atoms with Crippen LogP contribution in [0.5, 0.6) is 0 Å². The number of benzene rings is 2. The van der Waals surface area contributed by atoms with E-state index in [1.807, 2.05) is 36.4 Å². The highest BCUT2D eigenvalue weighted by molar-refractivity contribution is 5.17. The Labute approximate surface area is 132 Å². The summed E-state index contributed by atoms with van der Waals surface area (Å²) in [5, 5.41) is 20.7. The van der Waals surface area contributed by atoms with Crippen LogP contribution in [0.25, 0.3) is 0 Å². The molecule has 0 aliphatic rings. The summed E-state index contributed by atoms with van der Waals surface area (Å²) in [6, 6.07) is 20.3. The maximum absolute atomic E-state index is 11.4. The van der Waals surface area contributed by atoms with E-state index in [2.05, 4.69) is 29.2 Å². The Morgan fingerprint density at radius 2 is 1.27 bits per heavy atom. The quantitative estimate of drug-likeness (QED) is 0.793. The molecule has 0 saturated heterocycles. The lowest BCUT2D eigenvalue weighted by molar-refractivity contribution is -0.126. The van der Waals surface area contributed by atoms with Gasteiger partial charge in [0.15, 0.2) is 0 Å². The van der Waals surface area contributed by atoms with Gasteiger partial charge in [-0.1, -0.05) is 60.7 Å². The highest BCUT2D eigenvalue weighted by Gasteiger charge is 2.23. The van der Waals surface area contributed by atoms with Crippen molar-refractivity contribution in [3.05, 3.63) is 77.0 Å². The molecule has 4 heteroatoms. The predicted molar refractivity (Wildman–Crippen MR) is 88.1 cm³/mol.